The molecule has 4 nitrogen and oxygen atoms in total. The van der Waals surface area contributed by atoms with Gasteiger partial charge in [0.05, 0.1) is 5.52 Å². The highest BCUT2D eigenvalue weighted by Crippen LogP contribution is 2.28. The molecule has 0 aliphatic carbocycles. The van der Waals surface area contributed by atoms with Crippen LogP contribution in [0, 0.1) is 5.41 Å². The Labute approximate surface area is 155 Å². The number of rotatable bonds is 2. The van der Waals surface area contributed by atoms with Crippen molar-refractivity contribution in [2.24, 2.45) is 10.4 Å². The topological polar surface area (TPSA) is 40.5 Å². The molecule has 124 valence electrons. The summed E-state index contributed by atoms with van der Waals surface area (Å²) in [6.45, 7) is 7.50. The summed E-state index contributed by atoms with van der Waals surface area (Å²) in [4.78, 5) is 11.3. The number of halogens is 1. The largest absolute Gasteiger partial charge is 0.352 e. The summed E-state index contributed by atoms with van der Waals surface area (Å²) in [7, 11) is 1.86. The third-order valence-electron chi connectivity index (χ3n) is 4.34. The van der Waals surface area contributed by atoms with Crippen LogP contribution in [0.2, 0.25) is 0 Å². The molecule has 0 unspecified atom stereocenters. The molecule has 5 heteroatoms. The van der Waals surface area contributed by atoms with Crippen LogP contribution in [0.1, 0.15) is 25.8 Å². The van der Waals surface area contributed by atoms with Crippen molar-refractivity contribution in [1.82, 2.24) is 15.2 Å². The number of hydrogen-bond acceptors (Lipinski definition) is 2. The van der Waals surface area contributed by atoms with Gasteiger partial charge in [0.25, 0.3) is 0 Å². The molecule has 0 saturated carbocycles. The van der Waals surface area contributed by atoms with Gasteiger partial charge in [-0.1, -0.05) is 38.1 Å². The van der Waals surface area contributed by atoms with E-state index >= 15 is 0 Å². The molecule has 0 atom stereocenters. The van der Waals surface area contributed by atoms with Gasteiger partial charge in [-0.05, 0) is 23.5 Å². The Morgan fingerprint density at radius 3 is 2.78 bits per heavy atom. The third kappa shape index (κ3) is 4.13. The SMILES string of the molecule is CN=C(NCc1cccc2cccnc12)N1CCC(C)(C)C1.I. The minimum Gasteiger partial charge on any atom is -0.352 e. The smallest absolute Gasteiger partial charge is 0.193 e. The van der Waals surface area contributed by atoms with E-state index in [9.17, 15) is 0 Å². The summed E-state index contributed by atoms with van der Waals surface area (Å²) in [6, 6.07) is 10.4. The second-order valence-corrected chi connectivity index (χ2v) is 6.73. The number of benzene rings is 1. The van der Waals surface area contributed by atoms with E-state index in [1.165, 1.54) is 17.4 Å². The highest BCUT2D eigenvalue weighted by Gasteiger charge is 2.30. The van der Waals surface area contributed by atoms with Crippen LogP contribution in [0.3, 0.4) is 0 Å². The lowest BCUT2D eigenvalue weighted by Gasteiger charge is -2.23. The number of likely N-dealkylation sites (tertiary alicyclic amines) is 1. The van der Waals surface area contributed by atoms with Crippen LogP contribution >= 0.6 is 24.0 Å². The van der Waals surface area contributed by atoms with E-state index in [0.717, 1.165) is 31.1 Å². The molecule has 1 fully saturated rings. The van der Waals surface area contributed by atoms with Crippen LogP contribution in [0.25, 0.3) is 10.9 Å². The molecule has 3 rings (SSSR count). The fourth-order valence-electron chi connectivity index (χ4n) is 3.11. The van der Waals surface area contributed by atoms with Gasteiger partial charge in [-0.25, -0.2) is 0 Å². The number of para-hydroxylation sites is 1. The summed E-state index contributed by atoms with van der Waals surface area (Å²) in [5.74, 6) is 0.985. The first-order valence-corrected chi connectivity index (χ1v) is 7.87. The first kappa shape index (κ1) is 18.0. The van der Waals surface area contributed by atoms with Gasteiger partial charge in [0.2, 0.25) is 0 Å². The molecule has 1 aliphatic heterocycles. The van der Waals surface area contributed by atoms with Gasteiger partial charge in [0.15, 0.2) is 5.96 Å². The molecule has 0 spiro atoms. The Bertz CT molecular complexity index is 691. The predicted molar refractivity (Wildman–Crippen MR) is 107 cm³/mol. The number of nitrogens with zero attached hydrogens (tertiary/aromatic N) is 3. The normalized spacial score (nSPS) is 17.2. The van der Waals surface area contributed by atoms with Crippen molar-refractivity contribution in [3.8, 4) is 0 Å². The van der Waals surface area contributed by atoms with Gasteiger partial charge in [0.1, 0.15) is 0 Å². The van der Waals surface area contributed by atoms with Crippen molar-refractivity contribution in [1.29, 1.82) is 0 Å². The fraction of sp³-hybridized carbons (Fsp3) is 0.444. The van der Waals surface area contributed by atoms with Crippen molar-refractivity contribution in [2.45, 2.75) is 26.8 Å². The standard InChI is InChI=1S/C18H24N4.HI/c1-18(2)9-11-22(13-18)17(19-3)21-12-15-7-4-6-14-8-5-10-20-16(14)15;/h4-8,10H,9,11-13H2,1-3H3,(H,19,21);1H. The maximum Gasteiger partial charge on any atom is 0.193 e. The van der Waals surface area contributed by atoms with Crippen molar-refractivity contribution in [3.63, 3.8) is 0 Å². The summed E-state index contributed by atoms with van der Waals surface area (Å²) >= 11 is 0. The van der Waals surface area contributed by atoms with Crippen molar-refractivity contribution >= 4 is 40.8 Å². The number of aliphatic imine (C=N–C) groups is 1. The number of aromatic nitrogens is 1. The molecular formula is C18H25IN4. The highest BCUT2D eigenvalue weighted by atomic mass is 127. The summed E-state index contributed by atoms with van der Waals surface area (Å²) in [5, 5.41) is 4.67. The zero-order valence-corrected chi connectivity index (χ0v) is 16.4. The number of guanidine groups is 1. The number of fused-ring (bicyclic) bond motifs is 1. The highest BCUT2D eigenvalue weighted by molar-refractivity contribution is 14.0. The van der Waals surface area contributed by atoms with Crippen LogP contribution in [-0.2, 0) is 6.54 Å². The minimum absolute atomic E-state index is 0. The number of pyridine rings is 1. The second kappa shape index (κ2) is 7.47. The van der Waals surface area contributed by atoms with Crippen molar-refractivity contribution < 1.29 is 0 Å². The van der Waals surface area contributed by atoms with E-state index in [0.29, 0.717) is 5.41 Å². The average Bonchev–Trinajstić information content (AvgIpc) is 2.88. The Kier molecular flexibility index (Phi) is 5.84. The van der Waals surface area contributed by atoms with Gasteiger partial charge in [-0.15, -0.1) is 24.0 Å². The van der Waals surface area contributed by atoms with Gasteiger partial charge in [0, 0.05) is 38.3 Å². The lowest BCUT2D eigenvalue weighted by atomic mass is 9.93. The van der Waals surface area contributed by atoms with E-state index < -0.39 is 0 Å². The number of hydrogen-bond donors (Lipinski definition) is 1. The van der Waals surface area contributed by atoms with Crippen molar-refractivity contribution in [3.05, 3.63) is 42.1 Å². The molecule has 0 radical (unpaired) electrons. The summed E-state index contributed by atoms with van der Waals surface area (Å²) < 4.78 is 0. The van der Waals surface area contributed by atoms with Crippen LogP contribution < -0.4 is 5.32 Å². The maximum absolute atomic E-state index is 4.51. The molecule has 23 heavy (non-hydrogen) atoms. The zero-order chi connectivity index (χ0) is 15.6. The lowest BCUT2D eigenvalue weighted by Crippen LogP contribution is -2.40. The van der Waals surface area contributed by atoms with E-state index in [1.807, 2.05) is 19.3 Å². The zero-order valence-electron chi connectivity index (χ0n) is 14.0. The Morgan fingerprint density at radius 1 is 1.30 bits per heavy atom. The van der Waals surface area contributed by atoms with E-state index in [-0.39, 0.29) is 24.0 Å². The van der Waals surface area contributed by atoms with E-state index in [2.05, 4.69) is 58.3 Å². The van der Waals surface area contributed by atoms with Crippen LogP contribution in [0.4, 0.5) is 0 Å². The molecule has 1 N–H and O–H groups in total. The van der Waals surface area contributed by atoms with Gasteiger partial charge >= 0.3 is 0 Å². The van der Waals surface area contributed by atoms with Gasteiger partial charge in [-0.3, -0.25) is 9.98 Å². The summed E-state index contributed by atoms with van der Waals surface area (Å²) in [6.07, 6.45) is 3.06. The van der Waals surface area contributed by atoms with Crippen LogP contribution in [0.5, 0.6) is 0 Å². The lowest BCUT2D eigenvalue weighted by molar-refractivity contribution is 0.370. The Balaban J connectivity index is 0.00000192. The average molecular weight is 424 g/mol. The van der Waals surface area contributed by atoms with Gasteiger partial charge < -0.3 is 10.2 Å². The van der Waals surface area contributed by atoms with Crippen LogP contribution in [-0.4, -0.2) is 36.0 Å². The molecule has 1 aliphatic rings. The molecule has 1 saturated heterocycles. The van der Waals surface area contributed by atoms with Crippen LogP contribution in [0.15, 0.2) is 41.5 Å². The van der Waals surface area contributed by atoms with E-state index in [4.69, 9.17) is 0 Å². The first-order chi connectivity index (χ1) is 10.6. The maximum atomic E-state index is 4.51. The Morgan fingerprint density at radius 2 is 2.09 bits per heavy atom. The van der Waals surface area contributed by atoms with Gasteiger partial charge in [-0.2, -0.15) is 0 Å². The molecular weight excluding hydrogens is 399 g/mol. The molecule has 2 heterocycles. The van der Waals surface area contributed by atoms with E-state index in [1.54, 1.807) is 0 Å². The number of nitrogens with one attached hydrogen (secondary N) is 1. The predicted octanol–water partition coefficient (Wildman–Crippen LogP) is 3.66. The monoisotopic (exact) mass is 424 g/mol. The molecule has 1 aromatic carbocycles. The molecule has 0 amide bonds. The minimum atomic E-state index is 0. The van der Waals surface area contributed by atoms with Crippen molar-refractivity contribution in [2.75, 3.05) is 20.1 Å². The molecule has 1 aromatic heterocycles. The molecule has 2 aromatic rings. The first-order valence-electron chi connectivity index (χ1n) is 7.87. The third-order valence-corrected chi connectivity index (χ3v) is 4.34. The summed E-state index contributed by atoms with van der Waals surface area (Å²) in [5.41, 5.74) is 2.64. The quantitative estimate of drug-likeness (QED) is 0.455. The molecule has 0 bridgehead atoms. The Hall–Kier alpha value is -1.37. The second-order valence-electron chi connectivity index (χ2n) is 6.73. The fourth-order valence-corrected chi connectivity index (χ4v) is 3.11.